The molecule has 0 bridgehead atoms. The minimum Gasteiger partial charge on any atom is -0.506 e. The molecule has 4 nitrogen and oxygen atoms in total. The predicted octanol–water partition coefficient (Wildman–Crippen LogP) is 3.78. The van der Waals surface area contributed by atoms with Crippen LogP contribution in [-0.4, -0.2) is 34.8 Å². The van der Waals surface area contributed by atoms with Gasteiger partial charge < -0.3 is 10.0 Å². The van der Waals surface area contributed by atoms with Gasteiger partial charge in [-0.15, -0.1) is 0 Å². The van der Waals surface area contributed by atoms with E-state index in [-0.39, 0.29) is 28.4 Å². The van der Waals surface area contributed by atoms with E-state index in [9.17, 15) is 14.7 Å². The van der Waals surface area contributed by atoms with Crippen molar-refractivity contribution in [2.75, 3.05) is 13.1 Å². The maximum atomic E-state index is 12.5. The predicted molar refractivity (Wildman–Crippen MR) is 92.5 cm³/mol. The third-order valence-electron chi connectivity index (χ3n) is 4.41. The first-order valence-corrected chi connectivity index (χ1v) is 8.31. The molecule has 2 aromatic carbocycles. The van der Waals surface area contributed by atoms with Crippen LogP contribution in [0.4, 0.5) is 0 Å². The molecule has 124 valence electrons. The number of phenolic OH excluding ortho intramolecular Hbond substituents is 1. The van der Waals surface area contributed by atoms with Crippen LogP contribution in [0.25, 0.3) is 0 Å². The van der Waals surface area contributed by atoms with E-state index in [0.717, 1.165) is 5.56 Å². The highest BCUT2D eigenvalue weighted by atomic mass is 35.5. The highest BCUT2D eigenvalue weighted by Gasteiger charge is 2.28. The van der Waals surface area contributed by atoms with Gasteiger partial charge in [-0.3, -0.25) is 9.59 Å². The second-order valence-corrected chi connectivity index (χ2v) is 6.37. The van der Waals surface area contributed by atoms with Gasteiger partial charge in [-0.2, -0.15) is 0 Å². The van der Waals surface area contributed by atoms with Gasteiger partial charge in [0.05, 0.1) is 5.02 Å². The van der Waals surface area contributed by atoms with Crippen molar-refractivity contribution in [1.29, 1.82) is 0 Å². The first-order chi connectivity index (χ1) is 11.6. The zero-order chi connectivity index (χ0) is 17.1. The van der Waals surface area contributed by atoms with Crippen molar-refractivity contribution in [3.8, 4) is 5.75 Å². The van der Waals surface area contributed by atoms with Gasteiger partial charge in [0.1, 0.15) is 5.75 Å². The molecule has 0 atom stereocenters. The van der Waals surface area contributed by atoms with E-state index in [0.29, 0.717) is 31.5 Å². The second kappa shape index (κ2) is 7.05. The zero-order valence-corrected chi connectivity index (χ0v) is 13.9. The number of carbonyl (C=O) groups excluding carboxylic acids is 2. The molecule has 24 heavy (non-hydrogen) atoms. The molecule has 0 spiro atoms. The summed E-state index contributed by atoms with van der Waals surface area (Å²) in [5.74, 6) is -0.0573. The smallest absolute Gasteiger partial charge is 0.253 e. The third-order valence-corrected chi connectivity index (χ3v) is 4.71. The summed E-state index contributed by atoms with van der Waals surface area (Å²) in [4.78, 5) is 26.7. The lowest BCUT2D eigenvalue weighted by Crippen LogP contribution is -2.40. The first-order valence-electron chi connectivity index (χ1n) is 7.93. The van der Waals surface area contributed by atoms with Crippen molar-refractivity contribution in [3.05, 3.63) is 64.7 Å². The number of aromatic hydroxyl groups is 1. The van der Waals surface area contributed by atoms with Gasteiger partial charge in [0, 0.05) is 30.1 Å². The summed E-state index contributed by atoms with van der Waals surface area (Å²) in [6.45, 7) is 1.08. The number of phenols is 1. The van der Waals surface area contributed by atoms with Gasteiger partial charge >= 0.3 is 0 Å². The van der Waals surface area contributed by atoms with E-state index in [1.807, 2.05) is 30.3 Å². The number of benzene rings is 2. The number of Topliss-reactive ketones (excluding diaryl/α,β-unsaturated/α-hetero) is 1. The number of carbonyl (C=O) groups is 2. The van der Waals surface area contributed by atoms with E-state index in [2.05, 4.69) is 0 Å². The standard InChI is InChI=1S/C19H18ClNO3/c20-16-12-15(6-7-17(16)22)19(24)21-10-8-14(9-11-21)18(23)13-4-2-1-3-5-13/h1-7,12,14,22H,8-11H2. The second-order valence-electron chi connectivity index (χ2n) is 5.96. The Kier molecular flexibility index (Phi) is 4.86. The van der Waals surface area contributed by atoms with E-state index in [1.165, 1.54) is 12.1 Å². The Bertz CT molecular complexity index is 752. The van der Waals surface area contributed by atoms with E-state index < -0.39 is 0 Å². The number of likely N-dealkylation sites (tertiary alicyclic amines) is 1. The van der Waals surface area contributed by atoms with E-state index in [4.69, 9.17) is 11.6 Å². The van der Waals surface area contributed by atoms with Crippen LogP contribution in [0.15, 0.2) is 48.5 Å². The van der Waals surface area contributed by atoms with E-state index in [1.54, 1.807) is 11.0 Å². The zero-order valence-electron chi connectivity index (χ0n) is 13.1. The molecule has 1 fully saturated rings. The summed E-state index contributed by atoms with van der Waals surface area (Å²) in [5.41, 5.74) is 1.18. The third kappa shape index (κ3) is 3.44. The molecule has 0 aromatic heterocycles. The van der Waals surface area contributed by atoms with Crippen LogP contribution in [0.1, 0.15) is 33.6 Å². The number of hydrogen-bond donors (Lipinski definition) is 1. The van der Waals surface area contributed by atoms with Crippen LogP contribution in [-0.2, 0) is 0 Å². The molecule has 3 rings (SSSR count). The highest BCUT2D eigenvalue weighted by molar-refractivity contribution is 6.32. The SMILES string of the molecule is O=C(c1ccccc1)C1CCN(C(=O)c2ccc(O)c(Cl)c2)CC1. The topological polar surface area (TPSA) is 57.6 Å². The van der Waals surface area contributed by atoms with Gasteiger partial charge in [0.25, 0.3) is 5.91 Å². The molecule has 1 aliphatic rings. The monoisotopic (exact) mass is 343 g/mol. The Morgan fingerprint density at radius 1 is 1.00 bits per heavy atom. The van der Waals surface area contributed by atoms with Crippen LogP contribution in [0.5, 0.6) is 5.75 Å². The minimum atomic E-state index is -0.123. The Morgan fingerprint density at radius 2 is 1.67 bits per heavy atom. The van der Waals surface area contributed by atoms with Gasteiger partial charge in [-0.05, 0) is 31.0 Å². The molecule has 5 heteroatoms. The Labute approximate surface area is 145 Å². The summed E-state index contributed by atoms with van der Waals surface area (Å²) >= 11 is 5.86. The molecule has 1 amide bonds. The largest absolute Gasteiger partial charge is 0.506 e. The molecule has 1 N–H and O–H groups in total. The number of piperidine rings is 1. The fraction of sp³-hybridized carbons (Fsp3) is 0.263. The Morgan fingerprint density at radius 3 is 2.29 bits per heavy atom. The Hall–Kier alpha value is -2.33. The molecule has 0 unspecified atom stereocenters. The van der Waals surface area contributed by atoms with Crippen molar-refractivity contribution in [3.63, 3.8) is 0 Å². The normalized spacial score (nSPS) is 15.3. The molecule has 1 saturated heterocycles. The summed E-state index contributed by atoms with van der Waals surface area (Å²) in [7, 11) is 0. The summed E-state index contributed by atoms with van der Waals surface area (Å²) in [5, 5.41) is 9.61. The van der Waals surface area contributed by atoms with Crippen LogP contribution in [0, 0.1) is 5.92 Å². The van der Waals surface area contributed by atoms with Crippen LogP contribution in [0.2, 0.25) is 5.02 Å². The molecule has 2 aromatic rings. The average Bonchev–Trinajstić information content (AvgIpc) is 2.63. The maximum Gasteiger partial charge on any atom is 0.253 e. The highest BCUT2D eigenvalue weighted by Crippen LogP contribution is 2.26. The van der Waals surface area contributed by atoms with Crippen molar-refractivity contribution in [1.82, 2.24) is 4.90 Å². The van der Waals surface area contributed by atoms with Crippen molar-refractivity contribution < 1.29 is 14.7 Å². The van der Waals surface area contributed by atoms with Gasteiger partial charge in [0.2, 0.25) is 0 Å². The lowest BCUT2D eigenvalue weighted by molar-refractivity contribution is 0.0650. The van der Waals surface area contributed by atoms with Crippen LogP contribution >= 0.6 is 11.6 Å². The van der Waals surface area contributed by atoms with Crippen molar-refractivity contribution in [2.24, 2.45) is 5.92 Å². The number of halogens is 1. The van der Waals surface area contributed by atoms with Crippen molar-refractivity contribution >= 4 is 23.3 Å². The minimum absolute atomic E-state index is 0.0413. The number of nitrogens with zero attached hydrogens (tertiary/aromatic N) is 1. The van der Waals surface area contributed by atoms with Gasteiger partial charge in [-0.1, -0.05) is 41.9 Å². The molecule has 1 aliphatic heterocycles. The molecular weight excluding hydrogens is 326 g/mol. The average molecular weight is 344 g/mol. The molecule has 0 saturated carbocycles. The lowest BCUT2D eigenvalue weighted by atomic mass is 9.88. The number of amides is 1. The van der Waals surface area contributed by atoms with E-state index >= 15 is 0 Å². The summed E-state index contributed by atoms with van der Waals surface area (Å²) < 4.78 is 0. The number of hydrogen-bond acceptors (Lipinski definition) is 3. The Balaban J connectivity index is 1.63. The van der Waals surface area contributed by atoms with Gasteiger partial charge in [-0.25, -0.2) is 0 Å². The lowest BCUT2D eigenvalue weighted by Gasteiger charge is -2.31. The molecule has 0 aliphatic carbocycles. The van der Waals surface area contributed by atoms with Crippen LogP contribution < -0.4 is 0 Å². The van der Waals surface area contributed by atoms with Crippen LogP contribution in [0.3, 0.4) is 0 Å². The fourth-order valence-corrected chi connectivity index (χ4v) is 3.19. The maximum absolute atomic E-state index is 12.5. The fourth-order valence-electron chi connectivity index (χ4n) is 3.01. The summed E-state index contributed by atoms with van der Waals surface area (Å²) in [6, 6.07) is 13.7. The number of ketones is 1. The molecule has 0 radical (unpaired) electrons. The number of rotatable bonds is 3. The molecule has 1 heterocycles. The quantitative estimate of drug-likeness (QED) is 0.863. The summed E-state index contributed by atoms with van der Waals surface area (Å²) in [6.07, 6.45) is 1.32. The molecular formula is C19H18ClNO3. The van der Waals surface area contributed by atoms with Gasteiger partial charge in [0.15, 0.2) is 5.78 Å². The first kappa shape index (κ1) is 16.5. The van der Waals surface area contributed by atoms with Crippen molar-refractivity contribution in [2.45, 2.75) is 12.8 Å².